The number of nitrogens with zero attached hydrogens (tertiary/aromatic N) is 2. The van der Waals surface area contributed by atoms with Gasteiger partial charge in [-0.05, 0) is 48.9 Å². The number of hydrogen-bond donors (Lipinski definition) is 2. The van der Waals surface area contributed by atoms with Crippen LogP contribution in [0.4, 0.5) is 11.4 Å². The van der Waals surface area contributed by atoms with Gasteiger partial charge in [0.25, 0.3) is 11.8 Å². The van der Waals surface area contributed by atoms with E-state index in [1.165, 1.54) is 4.90 Å². The van der Waals surface area contributed by atoms with Crippen molar-refractivity contribution < 1.29 is 24.0 Å². The molecule has 1 fully saturated rings. The Morgan fingerprint density at radius 1 is 1.03 bits per heavy atom. The summed E-state index contributed by atoms with van der Waals surface area (Å²) in [5, 5.41) is 2.79. The Morgan fingerprint density at radius 2 is 1.68 bits per heavy atom. The fourth-order valence-electron chi connectivity index (χ4n) is 3.98. The van der Waals surface area contributed by atoms with Crippen LogP contribution in [0.5, 0.6) is 5.75 Å². The zero-order valence-corrected chi connectivity index (χ0v) is 20.0. The number of hydrogen-bond acceptors (Lipinski definition) is 5. The Hall–Kier alpha value is -3.36. The maximum atomic E-state index is 13.0. The van der Waals surface area contributed by atoms with Gasteiger partial charge in [0.1, 0.15) is 16.5 Å². The number of rotatable bonds is 7. The zero-order chi connectivity index (χ0) is 24.2. The van der Waals surface area contributed by atoms with Crippen LogP contribution in [-0.2, 0) is 20.8 Å². The molecule has 178 valence electrons. The van der Waals surface area contributed by atoms with E-state index in [-0.39, 0.29) is 16.6 Å². The number of carbonyl (C=O) groups is 3. The summed E-state index contributed by atoms with van der Waals surface area (Å²) in [5.41, 5.74) is 1.91. The van der Waals surface area contributed by atoms with Gasteiger partial charge >= 0.3 is 0 Å². The topological polar surface area (TPSA) is 83.4 Å². The maximum Gasteiger partial charge on any atom is 0.283 e. The van der Waals surface area contributed by atoms with E-state index in [1.54, 1.807) is 36.4 Å². The van der Waals surface area contributed by atoms with Crippen LogP contribution in [0.3, 0.4) is 0 Å². The molecular formula is C25H28ClN4O4+. The summed E-state index contributed by atoms with van der Waals surface area (Å²) in [6.45, 7) is 5.87. The molecule has 2 N–H and O–H groups in total. The van der Waals surface area contributed by atoms with E-state index < -0.39 is 11.8 Å². The van der Waals surface area contributed by atoms with Gasteiger partial charge in [0.05, 0.1) is 51.9 Å². The molecule has 2 aliphatic rings. The summed E-state index contributed by atoms with van der Waals surface area (Å²) in [4.78, 5) is 42.6. The molecule has 2 aromatic carbocycles. The Kier molecular flexibility index (Phi) is 7.19. The van der Waals surface area contributed by atoms with Gasteiger partial charge < -0.3 is 19.9 Å². The molecule has 0 spiro atoms. The molecule has 34 heavy (non-hydrogen) atoms. The van der Waals surface area contributed by atoms with Gasteiger partial charge in [-0.15, -0.1) is 0 Å². The van der Waals surface area contributed by atoms with Crippen LogP contribution in [0.1, 0.15) is 12.5 Å². The number of piperazine rings is 1. The van der Waals surface area contributed by atoms with Gasteiger partial charge in [-0.1, -0.05) is 23.7 Å². The Bertz CT molecular complexity index is 1110. The third kappa shape index (κ3) is 5.08. The van der Waals surface area contributed by atoms with Crippen molar-refractivity contribution in [3.63, 3.8) is 0 Å². The van der Waals surface area contributed by atoms with E-state index in [2.05, 4.69) is 12.4 Å². The molecule has 2 aliphatic heterocycles. The van der Waals surface area contributed by atoms with Crippen molar-refractivity contribution in [2.75, 3.05) is 50.1 Å². The first-order valence-electron chi connectivity index (χ1n) is 11.3. The number of quaternary nitrogens is 1. The van der Waals surface area contributed by atoms with Crippen molar-refractivity contribution in [2.45, 2.75) is 13.3 Å². The van der Waals surface area contributed by atoms with Gasteiger partial charge in [0, 0.05) is 5.69 Å². The fraction of sp³-hybridized carbons (Fsp3) is 0.320. The van der Waals surface area contributed by atoms with Crippen LogP contribution < -0.4 is 19.9 Å². The lowest BCUT2D eigenvalue weighted by Gasteiger charge is -2.30. The van der Waals surface area contributed by atoms with Gasteiger partial charge in [-0.25, -0.2) is 4.90 Å². The first kappa shape index (κ1) is 23.8. The second kappa shape index (κ2) is 10.3. The first-order chi connectivity index (χ1) is 16.4. The predicted octanol–water partition coefficient (Wildman–Crippen LogP) is 1.42. The highest BCUT2D eigenvalue weighted by Crippen LogP contribution is 2.31. The van der Waals surface area contributed by atoms with Crippen LogP contribution in [0.15, 0.2) is 59.3 Å². The number of carbonyl (C=O) groups excluding carboxylic acids is 3. The first-order valence-corrected chi connectivity index (χ1v) is 11.7. The normalized spacial score (nSPS) is 16.9. The molecule has 0 radical (unpaired) electrons. The van der Waals surface area contributed by atoms with E-state index in [1.807, 2.05) is 24.0 Å². The third-order valence-electron chi connectivity index (χ3n) is 5.98. The molecule has 0 aromatic heterocycles. The largest absolute Gasteiger partial charge is 0.494 e. The van der Waals surface area contributed by atoms with Gasteiger partial charge in [0.15, 0.2) is 0 Å². The molecule has 0 aliphatic carbocycles. The molecule has 0 unspecified atom stereocenters. The minimum absolute atomic E-state index is 0.0179. The van der Waals surface area contributed by atoms with Crippen LogP contribution in [0, 0.1) is 0 Å². The summed E-state index contributed by atoms with van der Waals surface area (Å²) in [7, 11) is 2.13. The van der Waals surface area contributed by atoms with Crippen LogP contribution in [-0.4, -0.2) is 62.5 Å². The molecule has 2 aromatic rings. The van der Waals surface area contributed by atoms with E-state index >= 15 is 0 Å². The second-order valence-electron chi connectivity index (χ2n) is 8.40. The highest BCUT2D eigenvalue weighted by atomic mass is 35.5. The molecule has 1 saturated heterocycles. The summed E-state index contributed by atoms with van der Waals surface area (Å²) < 4.78 is 5.41. The average molecular weight is 484 g/mol. The molecule has 0 saturated carbocycles. The standard InChI is InChI=1S/C25H27ClN4O4/c1-3-34-20-10-8-19(9-11-20)30-24(32)22(26)23(25(30)33)27-18-6-4-17(5-7-18)16-21(31)29-14-12-28(2)13-15-29/h4-11,27H,3,12-16H2,1-2H3/p+1. The lowest BCUT2D eigenvalue weighted by molar-refractivity contribution is -0.883. The quantitative estimate of drug-likeness (QED) is 0.582. The van der Waals surface area contributed by atoms with E-state index in [9.17, 15) is 14.4 Å². The van der Waals surface area contributed by atoms with Crippen molar-refractivity contribution in [3.05, 3.63) is 64.8 Å². The lowest BCUT2D eigenvalue weighted by Crippen LogP contribution is -3.12. The van der Waals surface area contributed by atoms with Gasteiger partial charge in [-0.2, -0.15) is 0 Å². The molecule has 4 rings (SSSR count). The smallest absolute Gasteiger partial charge is 0.283 e. The number of halogens is 1. The van der Waals surface area contributed by atoms with Crippen molar-refractivity contribution in [2.24, 2.45) is 0 Å². The summed E-state index contributed by atoms with van der Waals surface area (Å²) >= 11 is 6.22. The highest BCUT2D eigenvalue weighted by Gasteiger charge is 2.39. The number of amides is 3. The van der Waals surface area contributed by atoms with E-state index in [0.29, 0.717) is 30.2 Å². The number of ether oxygens (including phenoxy) is 1. The van der Waals surface area contributed by atoms with Crippen LogP contribution >= 0.6 is 11.6 Å². The Labute approximate surface area is 203 Å². The van der Waals surface area contributed by atoms with Crippen molar-refractivity contribution in [3.8, 4) is 5.75 Å². The number of anilines is 2. The average Bonchev–Trinajstić information content (AvgIpc) is 3.04. The highest BCUT2D eigenvalue weighted by molar-refractivity contribution is 6.53. The summed E-state index contributed by atoms with van der Waals surface area (Å²) in [6.07, 6.45) is 0.325. The Morgan fingerprint density at radius 3 is 2.29 bits per heavy atom. The van der Waals surface area contributed by atoms with Crippen molar-refractivity contribution in [1.82, 2.24) is 4.90 Å². The van der Waals surface area contributed by atoms with Crippen LogP contribution in [0.2, 0.25) is 0 Å². The monoisotopic (exact) mass is 483 g/mol. The number of benzene rings is 2. The molecule has 0 bridgehead atoms. The zero-order valence-electron chi connectivity index (χ0n) is 19.3. The molecule has 8 nitrogen and oxygen atoms in total. The van der Waals surface area contributed by atoms with E-state index in [4.69, 9.17) is 16.3 Å². The van der Waals surface area contributed by atoms with Gasteiger partial charge in [-0.3, -0.25) is 14.4 Å². The van der Waals surface area contributed by atoms with Crippen molar-refractivity contribution >= 4 is 40.7 Å². The number of nitrogens with one attached hydrogen (secondary N) is 2. The molecule has 2 heterocycles. The Balaban J connectivity index is 1.40. The lowest BCUT2D eigenvalue weighted by atomic mass is 10.1. The second-order valence-corrected chi connectivity index (χ2v) is 8.78. The number of likely N-dealkylation sites (N-methyl/N-ethyl adjacent to an activating group) is 1. The van der Waals surface area contributed by atoms with Crippen LogP contribution in [0.25, 0.3) is 0 Å². The van der Waals surface area contributed by atoms with Crippen molar-refractivity contribution in [1.29, 1.82) is 0 Å². The maximum absolute atomic E-state index is 13.0. The SMILES string of the molecule is CCOc1ccc(N2C(=O)C(Cl)=C(Nc3ccc(CC(=O)N4CC[NH+](C)CC4)cc3)C2=O)cc1. The summed E-state index contributed by atoms with van der Waals surface area (Å²) in [5.74, 6) is -0.359. The fourth-order valence-corrected chi connectivity index (χ4v) is 4.19. The van der Waals surface area contributed by atoms with E-state index in [0.717, 1.165) is 36.6 Å². The third-order valence-corrected chi connectivity index (χ3v) is 6.33. The van der Waals surface area contributed by atoms with Gasteiger partial charge in [0.2, 0.25) is 5.91 Å². The number of imide groups is 1. The molecule has 0 atom stereocenters. The minimum Gasteiger partial charge on any atom is -0.494 e. The molecular weight excluding hydrogens is 456 g/mol. The molecule has 9 heteroatoms. The predicted molar refractivity (Wildman–Crippen MR) is 130 cm³/mol. The molecule has 3 amide bonds. The minimum atomic E-state index is -0.588. The summed E-state index contributed by atoms with van der Waals surface area (Å²) in [6, 6.07) is 13.9.